The molecular formula is C4H6N4O. The number of rotatable bonds is 2. The maximum absolute atomic E-state index is 9.84. The molecule has 0 aliphatic carbocycles. The van der Waals surface area contributed by atoms with Gasteiger partial charge in [0.15, 0.2) is 0 Å². The van der Waals surface area contributed by atoms with Crippen molar-refractivity contribution in [3.8, 4) is 0 Å². The highest BCUT2D eigenvalue weighted by atomic mass is 16.1. The van der Waals surface area contributed by atoms with Crippen molar-refractivity contribution in [1.29, 1.82) is 0 Å². The molecule has 0 aromatic heterocycles. The van der Waals surface area contributed by atoms with Crippen LogP contribution in [0.15, 0.2) is 22.5 Å². The van der Waals surface area contributed by atoms with Gasteiger partial charge in [0.25, 0.3) is 0 Å². The Balaban J connectivity index is 2.63. The molecule has 1 atom stereocenters. The van der Waals surface area contributed by atoms with Crippen LogP contribution in [0.1, 0.15) is 0 Å². The second-order valence-corrected chi connectivity index (χ2v) is 1.62. The van der Waals surface area contributed by atoms with Gasteiger partial charge in [-0.2, -0.15) is 5.11 Å². The number of hydrogen-bond donors (Lipinski definition) is 2. The Morgan fingerprint density at radius 1 is 1.78 bits per heavy atom. The summed E-state index contributed by atoms with van der Waals surface area (Å²) in [4.78, 5) is 9.84. The van der Waals surface area contributed by atoms with Crippen molar-refractivity contribution >= 4 is 6.41 Å². The van der Waals surface area contributed by atoms with Crippen LogP contribution in [-0.2, 0) is 4.79 Å². The lowest BCUT2D eigenvalue weighted by Crippen LogP contribution is -2.48. The van der Waals surface area contributed by atoms with Gasteiger partial charge in [-0.25, -0.2) is 0 Å². The van der Waals surface area contributed by atoms with Crippen LogP contribution in [0, 0.1) is 0 Å². The van der Waals surface area contributed by atoms with E-state index in [4.69, 9.17) is 5.73 Å². The molecule has 9 heavy (non-hydrogen) atoms. The van der Waals surface area contributed by atoms with E-state index in [1.807, 2.05) is 0 Å². The summed E-state index contributed by atoms with van der Waals surface area (Å²) in [5.74, 6) is -1.10. The summed E-state index contributed by atoms with van der Waals surface area (Å²) in [7, 11) is 0. The molecule has 5 nitrogen and oxygen atoms in total. The van der Waals surface area contributed by atoms with Gasteiger partial charge in [-0.3, -0.25) is 10.5 Å². The molecule has 1 amide bonds. The van der Waals surface area contributed by atoms with Crippen LogP contribution in [0.25, 0.3) is 0 Å². The van der Waals surface area contributed by atoms with Crippen LogP contribution >= 0.6 is 0 Å². The highest BCUT2D eigenvalue weighted by Crippen LogP contribution is 2.06. The predicted octanol–water partition coefficient (Wildman–Crippen LogP) is -0.676. The van der Waals surface area contributed by atoms with E-state index in [1.54, 1.807) is 0 Å². The van der Waals surface area contributed by atoms with Crippen molar-refractivity contribution < 1.29 is 4.79 Å². The van der Waals surface area contributed by atoms with E-state index >= 15 is 0 Å². The summed E-state index contributed by atoms with van der Waals surface area (Å²) in [6, 6.07) is 0. The molecule has 0 spiro atoms. The number of carbonyl (C=O) groups is 1. The van der Waals surface area contributed by atoms with Crippen molar-refractivity contribution in [3.63, 3.8) is 0 Å². The number of hydrogen-bond acceptors (Lipinski definition) is 4. The number of nitrogens with one attached hydrogen (secondary N) is 1. The van der Waals surface area contributed by atoms with E-state index in [1.165, 1.54) is 12.3 Å². The van der Waals surface area contributed by atoms with Crippen LogP contribution in [-0.4, -0.2) is 12.2 Å². The van der Waals surface area contributed by atoms with Crippen molar-refractivity contribution in [2.75, 3.05) is 0 Å². The first-order valence-corrected chi connectivity index (χ1v) is 2.37. The average Bonchev–Trinajstić information content (AvgIpc) is 2.16. The molecule has 0 aromatic carbocycles. The van der Waals surface area contributed by atoms with E-state index < -0.39 is 5.79 Å². The molecule has 0 saturated carbocycles. The van der Waals surface area contributed by atoms with Crippen LogP contribution in [0.4, 0.5) is 0 Å². The normalized spacial score (nSPS) is 30.8. The van der Waals surface area contributed by atoms with Gasteiger partial charge in [-0.15, -0.1) is 5.11 Å². The Hall–Kier alpha value is -1.23. The molecule has 1 aliphatic rings. The molecule has 3 N–H and O–H groups in total. The van der Waals surface area contributed by atoms with Gasteiger partial charge in [0.1, 0.15) is 0 Å². The van der Waals surface area contributed by atoms with Gasteiger partial charge in [0.05, 0.1) is 6.20 Å². The zero-order valence-corrected chi connectivity index (χ0v) is 4.61. The second kappa shape index (κ2) is 1.94. The fraction of sp³-hybridized carbons (Fsp3) is 0.250. The van der Waals surface area contributed by atoms with Crippen molar-refractivity contribution in [2.24, 2.45) is 16.0 Å². The molecule has 0 aromatic rings. The standard InChI is InChI=1S/C4H6N4O/c5-4(6-3-9)1-2-7-8-4/h1-3H,5H2,(H,6,9). The average molecular weight is 126 g/mol. The maximum Gasteiger partial charge on any atom is 0.225 e. The molecular weight excluding hydrogens is 120 g/mol. The minimum atomic E-state index is -1.10. The third kappa shape index (κ3) is 1.11. The topological polar surface area (TPSA) is 79.8 Å². The zero-order chi connectivity index (χ0) is 6.74. The first-order valence-electron chi connectivity index (χ1n) is 2.37. The Bertz CT molecular complexity index is 161. The predicted molar refractivity (Wildman–Crippen MR) is 30.1 cm³/mol. The first kappa shape index (κ1) is 5.90. The van der Waals surface area contributed by atoms with E-state index in [9.17, 15) is 4.79 Å². The molecule has 1 rings (SSSR count). The second-order valence-electron chi connectivity index (χ2n) is 1.62. The SMILES string of the molecule is NC1(NC=O)C=CN=N1. The highest BCUT2D eigenvalue weighted by Gasteiger charge is 2.21. The Morgan fingerprint density at radius 3 is 3.00 bits per heavy atom. The van der Waals surface area contributed by atoms with Crippen LogP contribution < -0.4 is 11.1 Å². The zero-order valence-electron chi connectivity index (χ0n) is 4.61. The van der Waals surface area contributed by atoms with Gasteiger partial charge in [-0.05, 0) is 0 Å². The minimum Gasteiger partial charge on any atom is -0.317 e. The maximum atomic E-state index is 9.84. The molecule has 48 valence electrons. The number of nitrogens with two attached hydrogens (primary N) is 1. The monoisotopic (exact) mass is 126 g/mol. The fourth-order valence-corrected chi connectivity index (χ4v) is 0.481. The molecule has 0 bridgehead atoms. The van der Waals surface area contributed by atoms with Crippen molar-refractivity contribution in [3.05, 3.63) is 12.3 Å². The lowest BCUT2D eigenvalue weighted by atomic mass is 10.4. The summed E-state index contributed by atoms with van der Waals surface area (Å²) in [5.41, 5.74) is 5.38. The smallest absolute Gasteiger partial charge is 0.225 e. The molecule has 5 heteroatoms. The highest BCUT2D eigenvalue weighted by molar-refractivity contribution is 5.48. The van der Waals surface area contributed by atoms with Gasteiger partial charge in [0, 0.05) is 6.08 Å². The van der Waals surface area contributed by atoms with Crippen molar-refractivity contribution in [2.45, 2.75) is 5.79 Å². The van der Waals surface area contributed by atoms with Gasteiger partial charge in [-0.1, -0.05) is 0 Å². The minimum absolute atomic E-state index is 0.481. The number of nitrogens with zero attached hydrogens (tertiary/aromatic N) is 2. The third-order valence-electron chi connectivity index (χ3n) is 0.909. The lowest BCUT2D eigenvalue weighted by Gasteiger charge is -2.13. The number of amides is 1. The first-order chi connectivity index (χ1) is 4.27. The summed E-state index contributed by atoms with van der Waals surface area (Å²) >= 11 is 0. The molecule has 1 aliphatic heterocycles. The summed E-state index contributed by atoms with van der Waals surface area (Å²) in [6.45, 7) is 0. The third-order valence-corrected chi connectivity index (χ3v) is 0.909. The van der Waals surface area contributed by atoms with Gasteiger partial charge < -0.3 is 5.32 Å². The van der Waals surface area contributed by atoms with E-state index in [-0.39, 0.29) is 0 Å². The summed E-state index contributed by atoms with van der Waals surface area (Å²) in [6.07, 6.45) is 3.40. The molecule has 1 heterocycles. The Labute approximate surface area is 51.6 Å². The Kier molecular flexibility index (Phi) is 1.27. The summed E-state index contributed by atoms with van der Waals surface area (Å²) < 4.78 is 0. The largest absolute Gasteiger partial charge is 0.317 e. The lowest BCUT2D eigenvalue weighted by molar-refractivity contribution is -0.110. The van der Waals surface area contributed by atoms with Gasteiger partial charge >= 0.3 is 0 Å². The molecule has 0 saturated heterocycles. The van der Waals surface area contributed by atoms with E-state index in [0.717, 1.165) is 0 Å². The number of carbonyl (C=O) groups excluding carboxylic acids is 1. The van der Waals surface area contributed by atoms with Crippen LogP contribution in [0.3, 0.4) is 0 Å². The number of azo groups is 1. The van der Waals surface area contributed by atoms with Crippen LogP contribution in [0.2, 0.25) is 0 Å². The molecule has 1 unspecified atom stereocenters. The van der Waals surface area contributed by atoms with E-state index in [2.05, 4.69) is 15.5 Å². The van der Waals surface area contributed by atoms with Crippen molar-refractivity contribution in [1.82, 2.24) is 5.32 Å². The summed E-state index contributed by atoms with van der Waals surface area (Å²) in [5, 5.41) is 9.23. The van der Waals surface area contributed by atoms with E-state index in [0.29, 0.717) is 6.41 Å². The van der Waals surface area contributed by atoms with Crippen LogP contribution in [0.5, 0.6) is 0 Å². The Morgan fingerprint density at radius 2 is 2.56 bits per heavy atom. The van der Waals surface area contributed by atoms with Gasteiger partial charge in [0.2, 0.25) is 12.2 Å². The molecule has 0 radical (unpaired) electrons. The quantitative estimate of drug-likeness (QED) is 0.380. The fourth-order valence-electron chi connectivity index (χ4n) is 0.481. The molecule has 0 fully saturated rings.